The van der Waals surface area contributed by atoms with Gasteiger partial charge in [-0.15, -0.1) is 0 Å². The number of carbonyl (C=O) groups excluding carboxylic acids is 2. The molecule has 1 amide bonds. The van der Waals surface area contributed by atoms with Crippen LogP contribution in [-0.4, -0.2) is 117 Å². The van der Waals surface area contributed by atoms with Crippen LogP contribution in [-0.2, 0) is 57.6 Å². The van der Waals surface area contributed by atoms with Crippen LogP contribution in [0.2, 0.25) is 13.1 Å². The number of ketones is 1. The molecule has 1 aliphatic rings. The number of ether oxygens (including phenoxy) is 2. The van der Waals surface area contributed by atoms with Crippen LogP contribution < -0.4 is 42.4 Å². The first-order chi connectivity index (χ1) is 45.1. The third-order valence-corrected chi connectivity index (χ3v) is 21.4. The molecule has 21 heteroatoms. The minimum Gasteiger partial charge on any atom is -0.423 e. The van der Waals surface area contributed by atoms with Crippen molar-refractivity contribution in [1.82, 2.24) is 15.1 Å². The number of aryl methyl sites for hydroxylation is 1. The Balaban J connectivity index is 1.25. The van der Waals surface area contributed by atoms with Crippen LogP contribution in [0.3, 0.4) is 0 Å². The van der Waals surface area contributed by atoms with Gasteiger partial charge in [0.1, 0.15) is 8.07 Å². The first kappa shape index (κ1) is 71.3. The van der Waals surface area contributed by atoms with Gasteiger partial charge in [0.2, 0.25) is 5.91 Å². The number of amides is 1. The van der Waals surface area contributed by atoms with Gasteiger partial charge in [0.05, 0.1) is 30.9 Å². The van der Waals surface area contributed by atoms with Gasteiger partial charge in [-0.05, 0) is 185 Å². The van der Waals surface area contributed by atoms with E-state index in [1.54, 1.807) is 13.8 Å². The number of halogens is 6. The SMILES string of the molecule is C=C(C)C(=O)CCCOCCN(Cc1cc(C(F)(F)F)ccc1B(O)O)Cc1c2ccccc2c(CN(CCOCCNC(=O)C(=C)C)Cc2cc(C(F)(F)F)ccc2B(O)O)c2ccc(-c3ccc(C)c(C4=c5cc/c(=C\C)cc5[Si](C)(C)c5cc(NC)ccc54)c3)cc12. The predicted molar refractivity (Wildman–Crippen MR) is 371 cm³/mol. The summed E-state index contributed by atoms with van der Waals surface area (Å²) in [5, 5.41) is 56.4. The van der Waals surface area contributed by atoms with Crippen LogP contribution in [0, 0.1) is 6.92 Å². The van der Waals surface area contributed by atoms with E-state index in [4.69, 9.17) is 9.47 Å². The normalized spacial score (nSPS) is 13.2. The van der Waals surface area contributed by atoms with E-state index in [-0.39, 0.29) is 112 Å². The highest BCUT2D eigenvalue weighted by atomic mass is 28.3. The number of Topliss-reactive ketones (excluding diaryl/α,β-unsaturated/α-hetero) is 1. The van der Waals surface area contributed by atoms with Gasteiger partial charge in [0, 0.05) is 77.1 Å². The lowest BCUT2D eigenvalue weighted by molar-refractivity contribution is -0.138. The molecule has 0 spiro atoms. The summed E-state index contributed by atoms with van der Waals surface area (Å²) in [7, 11) is -4.62. The summed E-state index contributed by atoms with van der Waals surface area (Å²) in [6.07, 6.45) is -6.83. The fourth-order valence-corrected chi connectivity index (χ4v) is 15.8. The Bertz CT molecular complexity index is 4350. The molecular weight excluding hydrogens is 1240 g/mol. The van der Waals surface area contributed by atoms with E-state index in [0.717, 1.165) is 119 Å². The number of benzene rings is 8. The Labute approximate surface area is 552 Å². The molecule has 8 aromatic rings. The number of nitrogens with zero attached hydrogens (tertiary/aromatic N) is 2. The van der Waals surface area contributed by atoms with E-state index in [1.807, 2.05) is 60.2 Å². The molecule has 8 aromatic carbocycles. The standard InChI is InChI=1S/C74H80B2F6N4O8Si/c1-10-49-18-24-60-69(36-49)95(8,9)70-41-56(83-7)23-26-61(70)71(60)62-39-50(19-17-48(62)6)51-20-25-59-63(40-51)65(45-86(30-34-93-32-13-16-68(87)46(2)3)43-53-38-55(74(80,81)82)22-28-67(53)76(91)92)58-15-12-11-14-57(58)64(59)44-85(31-35-94-33-29-84-72(88)47(4)5)42-52-37-54(73(77,78)79)21-27-66(52)75(89)90/h10-12,14-15,17-28,36-41,83,89-92H,2,4,13,16,29-35,42-45H2,1,3,5-9H3,(H,84,88)/b49-10+. The topological polar surface area (TPSA) is 164 Å². The Hall–Kier alpha value is -7.95. The van der Waals surface area contributed by atoms with Crippen LogP contribution in [0.25, 0.3) is 44.3 Å². The van der Waals surface area contributed by atoms with E-state index in [2.05, 4.69) is 111 Å². The van der Waals surface area contributed by atoms with Gasteiger partial charge in [-0.3, -0.25) is 19.4 Å². The van der Waals surface area contributed by atoms with Gasteiger partial charge >= 0.3 is 26.6 Å². The average molecular weight is 1320 g/mol. The first-order valence-electron chi connectivity index (χ1n) is 31.7. The van der Waals surface area contributed by atoms with Crippen molar-refractivity contribution in [3.8, 4) is 11.1 Å². The first-order valence-corrected chi connectivity index (χ1v) is 34.7. The maximum absolute atomic E-state index is 14.6. The smallest absolute Gasteiger partial charge is 0.423 e. The van der Waals surface area contributed by atoms with E-state index in [1.165, 1.54) is 10.4 Å². The number of hydrogen-bond acceptors (Lipinski definition) is 11. The third kappa shape index (κ3) is 16.7. The molecule has 0 saturated carbocycles. The molecule has 95 heavy (non-hydrogen) atoms. The summed E-state index contributed by atoms with van der Waals surface area (Å²) in [6, 6.07) is 38.9. The van der Waals surface area contributed by atoms with Crippen molar-refractivity contribution < 1.29 is 65.5 Å². The quantitative estimate of drug-likeness (QED) is 0.00912. The Morgan fingerprint density at radius 2 is 1.17 bits per heavy atom. The van der Waals surface area contributed by atoms with Gasteiger partial charge < -0.3 is 40.2 Å². The number of rotatable bonds is 28. The van der Waals surface area contributed by atoms with Gasteiger partial charge in [-0.2, -0.15) is 26.3 Å². The fraction of sp³-hybridized carbons (Fsp3) is 0.297. The molecule has 1 aliphatic heterocycles. The number of nitrogens with one attached hydrogen (secondary N) is 2. The van der Waals surface area contributed by atoms with Gasteiger partial charge in [0.25, 0.3) is 0 Å². The second-order valence-electron chi connectivity index (χ2n) is 25.0. The lowest BCUT2D eigenvalue weighted by Crippen LogP contribution is -2.63. The van der Waals surface area contributed by atoms with Crippen LogP contribution in [0.15, 0.2) is 158 Å². The van der Waals surface area contributed by atoms with Crippen LogP contribution in [0.4, 0.5) is 32.0 Å². The zero-order chi connectivity index (χ0) is 68.7. The van der Waals surface area contributed by atoms with Crippen molar-refractivity contribution in [1.29, 1.82) is 0 Å². The number of allylic oxidation sites excluding steroid dienone is 1. The molecule has 0 atom stereocenters. The second kappa shape index (κ2) is 30.4. The van der Waals surface area contributed by atoms with Crippen molar-refractivity contribution >= 4 is 94.2 Å². The molecule has 496 valence electrons. The van der Waals surface area contributed by atoms with E-state index in [0.29, 0.717) is 17.6 Å². The highest BCUT2D eigenvalue weighted by Crippen LogP contribution is 2.40. The molecule has 0 fully saturated rings. The number of carbonyl (C=O) groups is 2. The van der Waals surface area contributed by atoms with Crippen molar-refractivity contribution in [3.63, 3.8) is 0 Å². The minimum absolute atomic E-state index is 0.00655. The lowest BCUT2D eigenvalue weighted by Gasteiger charge is -2.34. The minimum atomic E-state index is -4.77. The summed E-state index contributed by atoms with van der Waals surface area (Å²) in [5.41, 5.74) is 7.02. The molecule has 0 saturated heterocycles. The Morgan fingerprint density at radius 1 is 0.611 bits per heavy atom. The molecule has 0 unspecified atom stereocenters. The summed E-state index contributed by atoms with van der Waals surface area (Å²) >= 11 is 0. The zero-order valence-electron chi connectivity index (χ0n) is 54.6. The summed E-state index contributed by atoms with van der Waals surface area (Å²) in [6.45, 7) is 20.0. The molecular formula is C74H80B2F6N4O8Si. The average Bonchev–Trinajstić information content (AvgIpc) is 0.725. The third-order valence-electron chi connectivity index (χ3n) is 17.9. The van der Waals surface area contributed by atoms with Crippen LogP contribution in [0.1, 0.15) is 83.7 Å². The molecule has 0 bridgehead atoms. The van der Waals surface area contributed by atoms with Gasteiger partial charge in [0.15, 0.2) is 5.78 Å². The molecule has 0 radical (unpaired) electrons. The van der Waals surface area contributed by atoms with Crippen molar-refractivity contribution in [2.75, 3.05) is 58.4 Å². The maximum Gasteiger partial charge on any atom is 0.488 e. The Kier molecular flexibility index (Phi) is 22.8. The fourth-order valence-electron chi connectivity index (χ4n) is 12.7. The van der Waals surface area contributed by atoms with Crippen molar-refractivity contribution in [3.05, 3.63) is 218 Å². The number of anilines is 1. The van der Waals surface area contributed by atoms with Crippen molar-refractivity contribution in [2.24, 2.45) is 0 Å². The Morgan fingerprint density at radius 3 is 1.72 bits per heavy atom. The number of hydrogen-bond donors (Lipinski definition) is 6. The highest BCUT2D eigenvalue weighted by molar-refractivity contribution is 7.01. The highest BCUT2D eigenvalue weighted by Gasteiger charge is 2.37. The molecule has 9 rings (SSSR count). The van der Waals surface area contributed by atoms with E-state index < -0.39 is 45.8 Å². The molecule has 12 nitrogen and oxygen atoms in total. The largest absolute Gasteiger partial charge is 0.488 e. The number of alkyl halides is 6. The van der Waals surface area contributed by atoms with Crippen molar-refractivity contribution in [2.45, 2.75) is 92.2 Å². The zero-order valence-corrected chi connectivity index (χ0v) is 55.6. The van der Waals surface area contributed by atoms with Crippen LogP contribution in [0.5, 0.6) is 0 Å². The summed E-state index contributed by atoms with van der Waals surface area (Å²) < 4.78 is 99.4. The predicted octanol–water partition coefficient (Wildman–Crippen LogP) is 9.25. The van der Waals surface area contributed by atoms with E-state index >= 15 is 0 Å². The number of fused-ring (bicyclic) bond motifs is 4. The van der Waals surface area contributed by atoms with Gasteiger partial charge in [-0.25, -0.2) is 0 Å². The monoisotopic (exact) mass is 1320 g/mol. The summed E-state index contributed by atoms with van der Waals surface area (Å²) in [4.78, 5) is 28.5. The molecule has 0 aliphatic carbocycles. The molecule has 1 heterocycles. The van der Waals surface area contributed by atoms with Gasteiger partial charge in [-0.1, -0.05) is 129 Å². The maximum atomic E-state index is 14.6. The summed E-state index contributed by atoms with van der Waals surface area (Å²) in [5.74, 6) is -0.465. The van der Waals surface area contributed by atoms with Crippen LogP contribution >= 0.6 is 0 Å². The van der Waals surface area contributed by atoms with E-state index in [9.17, 15) is 56.0 Å². The molecule has 0 aromatic heterocycles. The lowest BCUT2D eigenvalue weighted by atomic mass is 9.76. The molecule has 6 N–H and O–H groups in total. The second-order valence-corrected chi connectivity index (χ2v) is 29.3.